The van der Waals surface area contributed by atoms with Gasteiger partial charge in [0, 0.05) is 39.6 Å². The Bertz CT molecular complexity index is 863. The standard InChI is InChI=1S/C22H30ClN3O5/c1-14(27)24-13-18(30-15(2)28)10-16-11-19(23)20(25-12-16)17-6-8-26(9-7-17)21(29)31-22(3,4)5/h6,11-12,18H,7-10,13H2,1-5H3,(H,24,27). The number of esters is 1. The SMILES string of the molecule is CC(=O)NCC(Cc1cnc(C2=CCN(C(=O)OC(C)(C)C)CC2)c(Cl)c1)OC(C)=O. The molecular weight excluding hydrogens is 422 g/mol. The lowest BCUT2D eigenvalue weighted by Crippen LogP contribution is -2.39. The number of nitrogens with one attached hydrogen (secondary N) is 1. The molecule has 1 unspecified atom stereocenters. The number of amides is 2. The molecular formula is C22H30ClN3O5. The van der Waals surface area contributed by atoms with Gasteiger partial charge in [-0.15, -0.1) is 0 Å². The first-order chi connectivity index (χ1) is 14.4. The summed E-state index contributed by atoms with van der Waals surface area (Å²) in [6.45, 7) is 9.39. The van der Waals surface area contributed by atoms with Gasteiger partial charge in [0.15, 0.2) is 0 Å². The van der Waals surface area contributed by atoms with Gasteiger partial charge < -0.3 is 19.7 Å². The summed E-state index contributed by atoms with van der Waals surface area (Å²) in [7, 11) is 0. The molecule has 0 saturated carbocycles. The molecule has 0 spiro atoms. The monoisotopic (exact) mass is 451 g/mol. The molecule has 170 valence electrons. The minimum Gasteiger partial charge on any atom is -0.460 e. The average Bonchev–Trinajstić information content (AvgIpc) is 2.64. The highest BCUT2D eigenvalue weighted by molar-refractivity contribution is 6.32. The van der Waals surface area contributed by atoms with E-state index in [0.29, 0.717) is 36.6 Å². The summed E-state index contributed by atoms with van der Waals surface area (Å²) in [5.41, 5.74) is 1.88. The van der Waals surface area contributed by atoms with E-state index in [1.54, 1.807) is 17.2 Å². The Hall–Kier alpha value is -2.61. The van der Waals surface area contributed by atoms with Crippen LogP contribution in [0.4, 0.5) is 4.79 Å². The highest BCUT2D eigenvalue weighted by Crippen LogP contribution is 2.28. The van der Waals surface area contributed by atoms with Gasteiger partial charge >= 0.3 is 12.1 Å². The number of pyridine rings is 1. The number of hydrogen-bond acceptors (Lipinski definition) is 6. The molecule has 1 aliphatic heterocycles. The number of ether oxygens (including phenoxy) is 2. The zero-order valence-corrected chi connectivity index (χ0v) is 19.4. The lowest BCUT2D eigenvalue weighted by atomic mass is 10.0. The van der Waals surface area contributed by atoms with Crippen molar-refractivity contribution in [1.82, 2.24) is 15.2 Å². The molecule has 31 heavy (non-hydrogen) atoms. The van der Waals surface area contributed by atoms with E-state index in [0.717, 1.165) is 11.1 Å². The third kappa shape index (κ3) is 8.20. The Morgan fingerprint density at radius 1 is 1.29 bits per heavy atom. The van der Waals surface area contributed by atoms with Crippen molar-refractivity contribution in [2.45, 2.75) is 59.2 Å². The molecule has 1 aromatic heterocycles. The van der Waals surface area contributed by atoms with Crippen molar-refractivity contribution in [2.24, 2.45) is 0 Å². The Morgan fingerprint density at radius 2 is 2.00 bits per heavy atom. The van der Waals surface area contributed by atoms with Gasteiger partial charge in [-0.25, -0.2) is 4.79 Å². The van der Waals surface area contributed by atoms with Crippen molar-refractivity contribution < 1.29 is 23.9 Å². The minimum absolute atomic E-state index is 0.201. The lowest BCUT2D eigenvalue weighted by molar-refractivity contribution is -0.146. The van der Waals surface area contributed by atoms with Crippen LogP contribution in [0.3, 0.4) is 0 Å². The first kappa shape index (κ1) is 24.7. The smallest absolute Gasteiger partial charge is 0.410 e. The largest absolute Gasteiger partial charge is 0.460 e. The van der Waals surface area contributed by atoms with Crippen LogP contribution in [0.5, 0.6) is 0 Å². The normalized spacial score (nSPS) is 15.0. The first-order valence-electron chi connectivity index (χ1n) is 10.2. The molecule has 0 aromatic carbocycles. The lowest BCUT2D eigenvalue weighted by Gasteiger charge is -2.29. The second-order valence-corrected chi connectivity index (χ2v) is 8.86. The fourth-order valence-electron chi connectivity index (χ4n) is 3.11. The van der Waals surface area contributed by atoms with Gasteiger partial charge in [-0.1, -0.05) is 17.7 Å². The highest BCUT2D eigenvalue weighted by atomic mass is 35.5. The number of halogens is 1. The number of nitrogens with zero attached hydrogens (tertiary/aromatic N) is 2. The third-order valence-electron chi connectivity index (χ3n) is 4.44. The molecule has 1 aliphatic rings. The van der Waals surface area contributed by atoms with Gasteiger partial charge in [0.1, 0.15) is 11.7 Å². The predicted octanol–water partition coefficient (Wildman–Crippen LogP) is 3.37. The number of aromatic nitrogens is 1. The topological polar surface area (TPSA) is 97.8 Å². The van der Waals surface area contributed by atoms with Crippen molar-refractivity contribution >= 4 is 35.1 Å². The van der Waals surface area contributed by atoms with Crippen molar-refractivity contribution in [3.63, 3.8) is 0 Å². The maximum atomic E-state index is 12.2. The van der Waals surface area contributed by atoms with Gasteiger partial charge in [0.05, 0.1) is 17.3 Å². The molecule has 0 fully saturated rings. The molecule has 0 saturated heterocycles. The van der Waals surface area contributed by atoms with Crippen molar-refractivity contribution in [2.75, 3.05) is 19.6 Å². The number of hydrogen-bond donors (Lipinski definition) is 1. The third-order valence-corrected chi connectivity index (χ3v) is 4.73. The quantitative estimate of drug-likeness (QED) is 0.666. The summed E-state index contributed by atoms with van der Waals surface area (Å²) in [5.74, 6) is -0.624. The molecule has 0 bridgehead atoms. The van der Waals surface area contributed by atoms with Crippen molar-refractivity contribution in [1.29, 1.82) is 0 Å². The Morgan fingerprint density at radius 3 is 2.52 bits per heavy atom. The maximum absolute atomic E-state index is 12.2. The zero-order chi connectivity index (χ0) is 23.2. The van der Waals surface area contributed by atoms with E-state index < -0.39 is 17.7 Å². The molecule has 0 aliphatic carbocycles. The Kier molecular flexibility index (Phi) is 8.44. The van der Waals surface area contributed by atoms with Crippen LogP contribution in [0.1, 0.15) is 52.3 Å². The Labute approximate surface area is 187 Å². The second-order valence-electron chi connectivity index (χ2n) is 8.45. The number of rotatable bonds is 6. The molecule has 1 aromatic rings. The van der Waals surface area contributed by atoms with Crippen LogP contribution in [0, 0.1) is 0 Å². The zero-order valence-electron chi connectivity index (χ0n) is 18.7. The molecule has 8 nitrogen and oxygen atoms in total. The van der Waals surface area contributed by atoms with E-state index in [4.69, 9.17) is 21.1 Å². The van der Waals surface area contributed by atoms with E-state index in [1.165, 1.54) is 13.8 Å². The summed E-state index contributed by atoms with van der Waals surface area (Å²) >= 11 is 6.48. The van der Waals surface area contributed by atoms with Gasteiger partial charge in [-0.05, 0) is 44.4 Å². The van der Waals surface area contributed by atoms with Crippen molar-refractivity contribution in [3.8, 4) is 0 Å². The molecule has 2 rings (SSSR count). The van der Waals surface area contributed by atoms with E-state index in [9.17, 15) is 14.4 Å². The van der Waals surface area contributed by atoms with Gasteiger partial charge in [-0.3, -0.25) is 14.6 Å². The van der Waals surface area contributed by atoms with Crippen LogP contribution in [0.2, 0.25) is 5.02 Å². The van der Waals surface area contributed by atoms with E-state index in [-0.39, 0.29) is 18.5 Å². The predicted molar refractivity (Wildman–Crippen MR) is 118 cm³/mol. The summed E-state index contributed by atoms with van der Waals surface area (Å²) < 4.78 is 10.7. The van der Waals surface area contributed by atoms with E-state index in [1.807, 2.05) is 26.8 Å². The number of carbonyl (C=O) groups is 3. The first-order valence-corrected chi connectivity index (χ1v) is 10.6. The second kappa shape index (κ2) is 10.6. The van der Waals surface area contributed by atoms with Crippen LogP contribution in [0.15, 0.2) is 18.3 Å². The summed E-state index contributed by atoms with van der Waals surface area (Å²) in [4.78, 5) is 40.9. The maximum Gasteiger partial charge on any atom is 0.410 e. The van der Waals surface area contributed by atoms with Crippen LogP contribution in [0.25, 0.3) is 5.57 Å². The molecule has 9 heteroatoms. The van der Waals surface area contributed by atoms with Gasteiger partial charge in [0.25, 0.3) is 0 Å². The Balaban J connectivity index is 2.05. The van der Waals surface area contributed by atoms with Gasteiger partial charge in [-0.2, -0.15) is 0 Å². The minimum atomic E-state index is -0.536. The average molecular weight is 452 g/mol. The molecule has 2 heterocycles. The fraction of sp³-hybridized carbons (Fsp3) is 0.545. The van der Waals surface area contributed by atoms with Crippen LogP contribution >= 0.6 is 11.6 Å². The van der Waals surface area contributed by atoms with Gasteiger partial charge in [0.2, 0.25) is 5.91 Å². The molecule has 1 N–H and O–H groups in total. The van der Waals surface area contributed by atoms with Crippen LogP contribution in [-0.2, 0) is 25.5 Å². The molecule has 1 atom stereocenters. The van der Waals surface area contributed by atoms with Crippen LogP contribution in [-0.4, -0.2) is 59.2 Å². The summed E-state index contributed by atoms with van der Waals surface area (Å²) in [5, 5.41) is 3.14. The van der Waals surface area contributed by atoms with Crippen LogP contribution < -0.4 is 5.32 Å². The fourth-order valence-corrected chi connectivity index (χ4v) is 3.42. The highest BCUT2D eigenvalue weighted by Gasteiger charge is 2.25. The molecule has 0 radical (unpaired) electrons. The van der Waals surface area contributed by atoms with Crippen molar-refractivity contribution in [3.05, 3.63) is 34.6 Å². The molecule has 2 amide bonds. The summed E-state index contributed by atoms with van der Waals surface area (Å²) in [6.07, 6.45) is 3.75. The number of carbonyl (C=O) groups excluding carboxylic acids is 3. The van der Waals surface area contributed by atoms with E-state index >= 15 is 0 Å². The summed E-state index contributed by atoms with van der Waals surface area (Å²) in [6, 6.07) is 1.79. The van der Waals surface area contributed by atoms with E-state index in [2.05, 4.69) is 10.3 Å².